The molecule has 8 heteroatoms. The van der Waals surface area contributed by atoms with Crippen molar-refractivity contribution < 1.29 is 28.4 Å². The highest BCUT2D eigenvalue weighted by atomic mass is 32.2. The van der Waals surface area contributed by atoms with Crippen LogP contribution in [-0.4, -0.2) is 37.3 Å². The van der Waals surface area contributed by atoms with Crippen LogP contribution in [0.2, 0.25) is 0 Å². The molecule has 2 aromatic carbocycles. The van der Waals surface area contributed by atoms with Gasteiger partial charge in [-0.3, -0.25) is 0 Å². The second kappa shape index (κ2) is 5.72. The average molecular weight is 390 g/mol. The Morgan fingerprint density at radius 3 is 1.35 bits per heavy atom. The Balaban J connectivity index is 1.24. The van der Waals surface area contributed by atoms with Crippen LogP contribution in [0, 0.1) is 0 Å². The van der Waals surface area contributed by atoms with Gasteiger partial charge >= 0.3 is 0 Å². The molecular weight excluding hydrogens is 376 g/mol. The lowest BCUT2D eigenvalue weighted by Crippen LogP contribution is -2.26. The fraction of sp³-hybridized carbons (Fsp3) is 0.333. The van der Waals surface area contributed by atoms with Crippen LogP contribution >= 0.6 is 23.5 Å². The number of hydrogen-bond acceptors (Lipinski definition) is 8. The maximum atomic E-state index is 6.13. The van der Waals surface area contributed by atoms with Crippen molar-refractivity contribution in [1.29, 1.82) is 0 Å². The molecule has 4 heterocycles. The first kappa shape index (κ1) is 15.0. The highest BCUT2D eigenvalue weighted by Gasteiger charge is 2.39. The Hall–Kier alpha value is -2.06. The summed E-state index contributed by atoms with van der Waals surface area (Å²) in [4.78, 5) is 2.09. The Morgan fingerprint density at radius 1 is 0.538 bits per heavy atom. The van der Waals surface area contributed by atoms with E-state index >= 15 is 0 Å². The molecule has 0 N–H and O–H groups in total. The zero-order chi connectivity index (χ0) is 17.1. The highest BCUT2D eigenvalue weighted by molar-refractivity contribution is 8.04. The van der Waals surface area contributed by atoms with Gasteiger partial charge in [0.15, 0.2) is 33.9 Å². The lowest BCUT2D eigenvalue weighted by Gasteiger charge is -2.19. The van der Waals surface area contributed by atoms with Crippen LogP contribution in [0.25, 0.3) is 0 Å². The molecule has 0 radical (unpaired) electrons. The Bertz CT molecular complexity index is 758. The standard InChI is InChI=1S/C18H14O6S2/c1-3-21-11-7-15-13(5-9(11)19-1)23-17(25-15)18-24-14-6-10-12(8-16(14)26-18)22-4-2-20-10/h5-8,17-18H,1-4H2. The average Bonchev–Trinajstić information content (AvgIpc) is 3.27. The van der Waals surface area contributed by atoms with Gasteiger partial charge in [0.05, 0.1) is 9.79 Å². The topological polar surface area (TPSA) is 55.4 Å². The van der Waals surface area contributed by atoms with E-state index in [2.05, 4.69) is 0 Å². The van der Waals surface area contributed by atoms with Gasteiger partial charge in [-0.2, -0.15) is 0 Å². The van der Waals surface area contributed by atoms with Crippen molar-refractivity contribution in [1.82, 2.24) is 0 Å². The summed E-state index contributed by atoms with van der Waals surface area (Å²) >= 11 is 3.29. The van der Waals surface area contributed by atoms with E-state index in [4.69, 9.17) is 28.4 Å². The minimum Gasteiger partial charge on any atom is -0.486 e. The van der Waals surface area contributed by atoms with Crippen LogP contribution in [0.4, 0.5) is 0 Å². The molecule has 6 rings (SSSR count). The summed E-state index contributed by atoms with van der Waals surface area (Å²) in [5.41, 5.74) is -0.296. The van der Waals surface area contributed by atoms with Gasteiger partial charge in [0.25, 0.3) is 0 Å². The van der Waals surface area contributed by atoms with E-state index in [9.17, 15) is 0 Å². The summed E-state index contributed by atoms with van der Waals surface area (Å²) in [7, 11) is 0. The molecule has 0 bridgehead atoms. The fourth-order valence-corrected chi connectivity index (χ4v) is 5.51. The van der Waals surface area contributed by atoms with Crippen LogP contribution in [0.5, 0.6) is 34.5 Å². The first-order valence-corrected chi connectivity index (χ1v) is 10.1. The van der Waals surface area contributed by atoms with Gasteiger partial charge in [-0.1, -0.05) is 23.5 Å². The minimum absolute atomic E-state index is 0.148. The summed E-state index contributed by atoms with van der Waals surface area (Å²) in [5, 5.41) is 0. The predicted molar refractivity (Wildman–Crippen MR) is 95.4 cm³/mol. The Labute approximate surface area is 158 Å². The van der Waals surface area contributed by atoms with E-state index in [-0.39, 0.29) is 10.9 Å². The molecule has 26 heavy (non-hydrogen) atoms. The van der Waals surface area contributed by atoms with E-state index < -0.39 is 0 Å². The molecule has 0 fully saturated rings. The molecule has 0 amide bonds. The molecule has 0 saturated heterocycles. The number of benzene rings is 2. The number of hydrogen-bond donors (Lipinski definition) is 0. The maximum absolute atomic E-state index is 6.13. The lowest BCUT2D eigenvalue weighted by atomic mass is 10.3. The molecule has 2 aromatic rings. The smallest absolute Gasteiger partial charge is 0.195 e. The number of rotatable bonds is 1. The third-order valence-electron chi connectivity index (χ3n) is 4.41. The van der Waals surface area contributed by atoms with Gasteiger partial charge in [-0.25, -0.2) is 0 Å². The molecule has 0 aliphatic carbocycles. The van der Waals surface area contributed by atoms with Crippen LogP contribution in [0.15, 0.2) is 34.1 Å². The van der Waals surface area contributed by atoms with Crippen LogP contribution in [0.1, 0.15) is 0 Å². The quantitative estimate of drug-likeness (QED) is 0.733. The van der Waals surface area contributed by atoms with E-state index in [1.54, 1.807) is 23.5 Å². The van der Waals surface area contributed by atoms with Gasteiger partial charge in [-0.05, 0) is 0 Å². The molecule has 0 saturated carbocycles. The fourth-order valence-electron chi connectivity index (χ4n) is 3.24. The number of fused-ring (bicyclic) bond motifs is 4. The normalized spacial score (nSPS) is 24.3. The van der Waals surface area contributed by atoms with Crippen LogP contribution in [0.3, 0.4) is 0 Å². The molecule has 0 aromatic heterocycles. The Morgan fingerprint density at radius 2 is 0.923 bits per heavy atom. The summed E-state index contributed by atoms with van der Waals surface area (Å²) in [5.74, 6) is 4.66. The van der Waals surface area contributed by atoms with Crippen molar-refractivity contribution in [2.75, 3.05) is 26.4 Å². The zero-order valence-electron chi connectivity index (χ0n) is 13.6. The molecule has 2 unspecified atom stereocenters. The zero-order valence-corrected chi connectivity index (χ0v) is 15.2. The van der Waals surface area contributed by atoms with Crippen LogP contribution in [-0.2, 0) is 0 Å². The summed E-state index contributed by atoms with van der Waals surface area (Å²) in [6.07, 6.45) is 0. The third kappa shape index (κ3) is 2.35. The summed E-state index contributed by atoms with van der Waals surface area (Å²) < 4.78 is 34.9. The first-order chi connectivity index (χ1) is 12.8. The second-order valence-electron chi connectivity index (χ2n) is 6.09. The largest absolute Gasteiger partial charge is 0.486 e. The van der Waals surface area contributed by atoms with E-state index in [1.165, 1.54) is 0 Å². The van der Waals surface area contributed by atoms with E-state index in [1.807, 2.05) is 24.3 Å². The Kier molecular flexibility index (Phi) is 3.31. The summed E-state index contributed by atoms with van der Waals surface area (Å²) in [6, 6.07) is 7.79. The van der Waals surface area contributed by atoms with Crippen molar-refractivity contribution in [3.05, 3.63) is 24.3 Å². The summed E-state index contributed by atoms with van der Waals surface area (Å²) in [6.45, 7) is 2.28. The van der Waals surface area contributed by atoms with Crippen molar-refractivity contribution in [3.8, 4) is 34.5 Å². The molecule has 2 atom stereocenters. The monoisotopic (exact) mass is 390 g/mol. The minimum atomic E-state index is -0.148. The lowest BCUT2D eigenvalue weighted by molar-refractivity contribution is 0.161. The second-order valence-corrected chi connectivity index (χ2v) is 8.37. The maximum Gasteiger partial charge on any atom is 0.195 e. The van der Waals surface area contributed by atoms with Crippen molar-refractivity contribution in [2.24, 2.45) is 0 Å². The van der Waals surface area contributed by atoms with E-state index in [0.717, 1.165) is 44.3 Å². The van der Waals surface area contributed by atoms with Crippen LogP contribution < -0.4 is 28.4 Å². The highest BCUT2D eigenvalue weighted by Crippen LogP contribution is 2.54. The van der Waals surface area contributed by atoms with Gasteiger partial charge in [0.2, 0.25) is 0 Å². The predicted octanol–water partition coefficient (Wildman–Crippen LogP) is 3.55. The van der Waals surface area contributed by atoms with Gasteiger partial charge in [0, 0.05) is 24.3 Å². The van der Waals surface area contributed by atoms with Gasteiger partial charge < -0.3 is 28.4 Å². The van der Waals surface area contributed by atoms with Gasteiger partial charge in [0.1, 0.15) is 37.9 Å². The molecule has 134 valence electrons. The molecule has 4 aliphatic heterocycles. The number of ether oxygens (including phenoxy) is 6. The van der Waals surface area contributed by atoms with Crippen molar-refractivity contribution in [3.63, 3.8) is 0 Å². The SMILES string of the molecule is c1c2c(cc3c1OC(C1Oc4cc5c(cc4S1)OCCO5)S3)OCCO2. The van der Waals surface area contributed by atoms with Gasteiger partial charge in [-0.15, -0.1) is 0 Å². The van der Waals surface area contributed by atoms with E-state index in [0.29, 0.717) is 26.4 Å². The number of thioether (sulfide) groups is 2. The molecule has 4 aliphatic rings. The van der Waals surface area contributed by atoms with Crippen molar-refractivity contribution >= 4 is 23.5 Å². The first-order valence-electron chi connectivity index (χ1n) is 8.37. The molecular formula is C18H14O6S2. The van der Waals surface area contributed by atoms with Crippen molar-refractivity contribution in [2.45, 2.75) is 20.7 Å². The third-order valence-corrected chi connectivity index (χ3v) is 6.88. The molecule has 6 nitrogen and oxygen atoms in total. The molecule has 0 spiro atoms.